The van der Waals surface area contributed by atoms with Crippen molar-refractivity contribution < 1.29 is 14.5 Å². The first-order valence-electron chi connectivity index (χ1n) is 11.6. The Hall–Kier alpha value is -2.48. The quantitative estimate of drug-likeness (QED) is 0.536. The lowest BCUT2D eigenvalue weighted by Gasteiger charge is -2.45. The van der Waals surface area contributed by atoms with Crippen molar-refractivity contribution in [2.45, 2.75) is 65.5 Å². The van der Waals surface area contributed by atoms with E-state index in [2.05, 4.69) is 37.9 Å². The number of carbonyl (C=O) groups excluding carboxylic acids is 2. The van der Waals surface area contributed by atoms with Gasteiger partial charge in [0.1, 0.15) is 6.04 Å². The van der Waals surface area contributed by atoms with E-state index in [4.69, 9.17) is 0 Å². The maximum atomic E-state index is 13.1. The van der Waals surface area contributed by atoms with Crippen LogP contribution < -0.4 is 5.32 Å². The molecule has 1 N–H and O–H groups in total. The second-order valence-corrected chi connectivity index (χ2v) is 10.3. The molecule has 3 unspecified atom stereocenters. The van der Waals surface area contributed by atoms with Crippen molar-refractivity contribution in [2.75, 3.05) is 26.2 Å². The molecule has 0 aliphatic carbocycles. The molecule has 2 aliphatic heterocycles. The summed E-state index contributed by atoms with van der Waals surface area (Å²) in [5.41, 5.74) is 0.639. The zero-order valence-corrected chi connectivity index (χ0v) is 19.9. The molecule has 0 spiro atoms. The van der Waals surface area contributed by atoms with Gasteiger partial charge in [0.2, 0.25) is 5.91 Å². The highest BCUT2D eigenvalue weighted by Gasteiger charge is 2.37. The topological polar surface area (TPSA) is 95.8 Å². The van der Waals surface area contributed by atoms with Gasteiger partial charge in [-0.05, 0) is 64.0 Å². The lowest BCUT2D eigenvalue weighted by atomic mass is 9.88. The van der Waals surface area contributed by atoms with E-state index in [1.165, 1.54) is 24.6 Å². The van der Waals surface area contributed by atoms with Gasteiger partial charge in [-0.2, -0.15) is 0 Å². The van der Waals surface area contributed by atoms with Gasteiger partial charge in [-0.15, -0.1) is 0 Å². The SMILES string of the molecule is Cc1cc(C(=O)N2CCCC2C(=O)NCC(C)(C)N2CC(C)CC(C)C2)ccc1[N+](=O)[O-]. The molecular weight excluding hydrogens is 408 g/mol. The molecular formula is C24H36N4O4. The summed E-state index contributed by atoms with van der Waals surface area (Å²) < 4.78 is 0. The van der Waals surface area contributed by atoms with Crippen LogP contribution in [0.25, 0.3) is 0 Å². The maximum absolute atomic E-state index is 13.1. The Morgan fingerprint density at radius 2 is 1.88 bits per heavy atom. The molecule has 0 radical (unpaired) electrons. The van der Waals surface area contributed by atoms with Crippen LogP contribution in [0.5, 0.6) is 0 Å². The maximum Gasteiger partial charge on any atom is 0.272 e. The minimum absolute atomic E-state index is 0.0131. The molecule has 0 bridgehead atoms. The summed E-state index contributed by atoms with van der Waals surface area (Å²) in [5.74, 6) is 0.905. The van der Waals surface area contributed by atoms with Crippen LogP contribution in [0, 0.1) is 28.9 Å². The summed E-state index contributed by atoms with van der Waals surface area (Å²) in [7, 11) is 0. The Balaban J connectivity index is 1.64. The highest BCUT2D eigenvalue weighted by atomic mass is 16.6. The van der Waals surface area contributed by atoms with Gasteiger partial charge in [0.25, 0.3) is 11.6 Å². The molecule has 1 aromatic rings. The number of nitro groups is 1. The Bertz CT molecular complexity index is 875. The predicted octanol–water partition coefficient (Wildman–Crippen LogP) is 3.38. The molecule has 32 heavy (non-hydrogen) atoms. The van der Waals surface area contributed by atoms with Gasteiger partial charge < -0.3 is 10.2 Å². The number of hydrogen-bond donors (Lipinski definition) is 1. The molecule has 8 nitrogen and oxygen atoms in total. The third-order valence-corrected chi connectivity index (χ3v) is 6.88. The first-order valence-corrected chi connectivity index (χ1v) is 11.6. The second-order valence-electron chi connectivity index (χ2n) is 10.3. The summed E-state index contributed by atoms with van der Waals surface area (Å²) in [5, 5.41) is 14.2. The molecule has 1 aromatic carbocycles. The number of nitrogens with one attached hydrogen (secondary N) is 1. The van der Waals surface area contributed by atoms with Crippen LogP contribution in [0.2, 0.25) is 0 Å². The zero-order chi connectivity index (χ0) is 23.6. The number of aryl methyl sites for hydroxylation is 1. The number of carbonyl (C=O) groups is 2. The van der Waals surface area contributed by atoms with E-state index < -0.39 is 11.0 Å². The molecule has 0 aromatic heterocycles. The minimum atomic E-state index is -0.506. The molecule has 2 heterocycles. The molecule has 176 valence electrons. The summed E-state index contributed by atoms with van der Waals surface area (Å²) >= 11 is 0. The van der Waals surface area contributed by atoms with E-state index in [1.807, 2.05) is 0 Å². The molecule has 0 saturated carbocycles. The van der Waals surface area contributed by atoms with Gasteiger partial charge >= 0.3 is 0 Å². The van der Waals surface area contributed by atoms with E-state index in [-0.39, 0.29) is 23.0 Å². The van der Waals surface area contributed by atoms with Crippen LogP contribution >= 0.6 is 0 Å². The Labute approximate surface area is 190 Å². The van der Waals surface area contributed by atoms with E-state index in [0.29, 0.717) is 42.5 Å². The summed E-state index contributed by atoms with van der Waals surface area (Å²) in [6, 6.07) is 3.86. The van der Waals surface area contributed by atoms with Crippen LogP contribution in [0.1, 0.15) is 62.9 Å². The van der Waals surface area contributed by atoms with Gasteiger partial charge in [-0.25, -0.2) is 0 Å². The average molecular weight is 445 g/mol. The summed E-state index contributed by atoms with van der Waals surface area (Å²) in [4.78, 5) is 40.8. The summed E-state index contributed by atoms with van der Waals surface area (Å²) in [6.45, 7) is 13.6. The van der Waals surface area contributed by atoms with Crippen molar-refractivity contribution in [1.82, 2.24) is 15.1 Å². The van der Waals surface area contributed by atoms with Crippen LogP contribution in [0.4, 0.5) is 5.69 Å². The Morgan fingerprint density at radius 1 is 1.22 bits per heavy atom. The number of nitrogens with zero attached hydrogens (tertiary/aromatic N) is 3. The monoisotopic (exact) mass is 444 g/mol. The number of benzene rings is 1. The van der Waals surface area contributed by atoms with Crippen molar-refractivity contribution in [3.05, 3.63) is 39.4 Å². The Morgan fingerprint density at radius 3 is 2.47 bits per heavy atom. The number of hydrogen-bond acceptors (Lipinski definition) is 5. The van der Waals surface area contributed by atoms with E-state index in [9.17, 15) is 19.7 Å². The van der Waals surface area contributed by atoms with E-state index in [1.54, 1.807) is 11.8 Å². The predicted molar refractivity (Wildman–Crippen MR) is 123 cm³/mol. The van der Waals surface area contributed by atoms with Crippen LogP contribution in [0.15, 0.2) is 18.2 Å². The van der Waals surface area contributed by atoms with E-state index in [0.717, 1.165) is 19.5 Å². The molecule has 8 heteroatoms. The number of piperidine rings is 1. The normalized spacial score (nSPS) is 24.4. The summed E-state index contributed by atoms with van der Waals surface area (Å²) in [6.07, 6.45) is 2.63. The van der Waals surface area contributed by atoms with Gasteiger partial charge in [-0.1, -0.05) is 13.8 Å². The molecule has 2 aliphatic rings. The van der Waals surface area contributed by atoms with Gasteiger partial charge in [-0.3, -0.25) is 24.6 Å². The minimum Gasteiger partial charge on any atom is -0.352 e. The number of nitro benzene ring substituents is 1. The first kappa shape index (κ1) is 24.2. The molecule has 2 fully saturated rings. The van der Waals surface area contributed by atoms with Gasteiger partial charge in [0.05, 0.1) is 4.92 Å². The highest BCUT2D eigenvalue weighted by molar-refractivity contribution is 5.98. The number of likely N-dealkylation sites (tertiary alicyclic amines) is 2. The van der Waals surface area contributed by atoms with Crippen LogP contribution in [0.3, 0.4) is 0 Å². The van der Waals surface area contributed by atoms with Crippen molar-refractivity contribution >= 4 is 17.5 Å². The first-order chi connectivity index (χ1) is 15.0. The van der Waals surface area contributed by atoms with Gasteiger partial charge in [0.15, 0.2) is 0 Å². The fourth-order valence-corrected chi connectivity index (χ4v) is 5.13. The smallest absolute Gasteiger partial charge is 0.272 e. The number of amides is 2. The van der Waals surface area contributed by atoms with Crippen LogP contribution in [-0.2, 0) is 4.79 Å². The fourth-order valence-electron chi connectivity index (χ4n) is 5.13. The lowest BCUT2D eigenvalue weighted by Crippen LogP contribution is -2.57. The fraction of sp³-hybridized carbons (Fsp3) is 0.667. The zero-order valence-electron chi connectivity index (χ0n) is 19.9. The second kappa shape index (κ2) is 9.57. The molecule has 3 rings (SSSR count). The molecule has 3 atom stereocenters. The third-order valence-electron chi connectivity index (χ3n) is 6.88. The van der Waals surface area contributed by atoms with Crippen molar-refractivity contribution in [3.63, 3.8) is 0 Å². The van der Waals surface area contributed by atoms with Crippen molar-refractivity contribution in [1.29, 1.82) is 0 Å². The van der Waals surface area contributed by atoms with E-state index >= 15 is 0 Å². The molecule has 2 amide bonds. The lowest BCUT2D eigenvalue weighted by molar-refractivity contribution is -0.385. The number of rotatable bonds is 6. The van der Waals surface area contributed by atoms with Crippen molar-refractivity contribution in [2.24, 2.45) is 11.8 Å². The average Bonchev–Trinajstić information content (AvgIpc) is 3.20. The standard InChI is InChI=1S/C24H36N4O4/c1-16-11-17(2)14-26(13-16)24(4,5)15-25-22(29)21-7-6-10-27(21)23(30)19-8-9-20(28(31)32)18(3)12-19/h8-9,12,16-17,21H,6-7,10-11,13-15H2,1-5H3,(H,25,29). The third kappa shape index (κ3) is 5.28. The highest BCUT2D eigenvalue weighted by Crippen LogP contribution is 2.28. The van der Waals surface area contributed by atoms with Crippen molar-refractivity contribution in [3.8, 4) is 0 Å². The van der Waals surface area contributed by atoms with Crippen LogP contribution in [-0.4, -0.2) is 64.3 Å². The van der Waals surface area contributed by atoms with Gasteiger partial charge in [0, 0.05) is 48.9 Å². The Kier molecular flexibility index (Phi) is 7.22. The molecule has 2 saturated heterocycles. The largest absolute Gasteiger partial charge is 0.352 e.